The second-order valence-electron chi connectivity index (χ2n) is 1.49. The smallest absolute Gasteiger partial charge is 0.145 e. The molecule has 0 aliphatic rings. The zero-order valence-electron chi connectivity index (χ0n) is 5.39. The Hall–Kier alpha value is -1.05. The number of nitrogens with two attached hydrogens (primary N) is 1. The minimum atomic E-state index is -0.438. The predicted octanol–water partition coefficient (Wildman–Crippen LogP) is 1.89. The molecule has 0 radical (unpaired) electrons. The van der Waals surface area contributed by atoms with Crippen molar-refractivity contribution in [3.8, 4) is 0 Å². The van der Waals surface area contributed by atoms with Crippen LogP contribution in [0.4, 0.5) is 4.39 Å². The van der Waals surface area contributed by atoms with Crippen molar-refractivity contribution in [3.63, 3.8) is 0 Å². The third-order valence-corrected chi connectivity index (χ3v) is 0.851. The summed E-state index contributed by atoms with van der Waals surface area (Å²) in [6, 6.07) is 0. The van der Waals surface area contributed by atoms with Crippen molar-refractivity contribution in [2.75, 3.05) is 0 Å². The molecule has 0 atom stereocenters. The molecule has 0 fully saturated rings. The first-order valence-corrected chi connectivity index (χ1v) is 2.62. The lowest BCUT2D eigenvalue weighted by Gasteiger charge is -1.91. The highest BCUT2D eigenvalue weighted by Gasteiger charge is 1.92. The number of hydrogen-bond donors (Lipinski definition) is 1. The van der Waals surface area contributed by atoms with Crippen LogP contribution < -0.4 is 5.73 Å². The number of hydrogen-bond acceptors (Lipinski definition) is 1. The van der Waals surface area contributed by atoms with Crippen LogP contribution in [-0.2, 0) is 0 Å². The normalized spacial score (nSPS) is 13.6. The molecule has 0 aliphatic carbocycles. The van der Waals surface area contributed by atoms with Gasteiger partial charge in [0, 0.05) is 0 Å². The van der Waals surface area contributed by atoms with E-state index in [9.17, 15) is 4.39 Å². The van der Waals surface area contributed by atoms with Crippen LogP contribution in [0.2, 0.25) is 0 Å². The Morgan fingerprint density at radius 3 is 2.56 bits per heavy atom. The number of rotatable bonds is 2. The SMILES string of the molecule is C=C/C=C(F)\C(N)=C/C. The second kappa shape index (κ2) is 3.89. The van der Waals surface area contributed by atoms with Crippen LogP contribution in [0.15, 0.2) is 36.3 Å². The van der Waals surface area contributed by atoms with Crippen LogP contribution >= 0.6 is 0 Å². The lowest BCUT2D eigenvalue weighted by Crippen LogP contribution is -1.95. The molecule has 9 heavy (non-hydrogen) atoms. The van der Waals surface area contributed by atoms with Crippen molar-refractivity contribution < 1.29 is 4.39 Å². The second-order valence-corrected chi connectivity index (χ2v) is 1.49. The Labute approximate surface area is 54.4 Å². The van der Waals surface area contributed by atoms with Gasteiger partial charge in [0.2, 0.25) is 0 Å². The van der Waals surface area contributed by atoms with Crippen molar-refractivity contribution in [1.82, 2.24) is 0 Å². The summed E-state index contributed by atoms with van der Waals surface area (Å²) in [6.07, 6.45) is 4.07. The minimum absolute atomic E-state index is 0.148. The summed E-state index contributed by atoms with van der Waals surface area (Å²) in [6.45, 7) is 4.99. The monoisotopic (exact) mass is 127 g/mol. The standard InChI is InChI=1S/C7H10FN/c1-3-5-6(8)7(9)4-2/h3-5H,1,9H2,2H3/b6-5+,7-4+. The van der Waals surface area contributed by atoms with Crippen LogP contribution in [-0.4, -0.2) is 0 Å². The summed E-state index contributed by atoms with van der Waals surface area (Å²) in [4.78, 5) is 0. The van der Waals surface area contributed by atoms with E-state index in [1.54, 1.807) is 6.92 Å². The van der Waals surface area contributed by atoms with Crippen molar-refractivity contribution in [1.29, 1.82) is 0 Å². The molecule has 0 bridgehead atoms. The fourth-order valence-corrected chi connectivity index (χ4v) is 0.338. The van der Waals surface area contributed by atoms with Gasteiger partial charge in [-0.05, 0) is 13.0 Å². The van der Waals surface area contributed by atoms with E-state index in [0.717, 1.165) is 0 Å². The molecule has 0 aromatic carbocycles. The van der Waals surface area contributed by atoms with Crippen LogP contribution in [0, 0.1) is 0 Å². The van der Waals surface area contributed by atoms with E-state index in [0.29, 0.717) is 0 Å². The Balaban J connectivity index is 4.19. The van der Waals surface area contributed by atoms with Gasteiger partial charge >= 0.3 is 0 Å². The third kappa shape index (κ3) is 2.69. The summed E-state index contributed by atoms with van der Waals surface area (Å²) in [5, 5.41) is 0. The molecule has 0 unspecified atom stereocenters. The van der Waals surface area contributed by atoms with Crippen LogP contribution in [0.25, 0.3) is 0 Å². The van der Waals surface area contributed by atoms with Crippen molar-refractivity contribution >= 4 is 0 Å². The molecule has 0 rings (SSSR count). The molecule has 2 heteroatoms. The first-order chi connectivity index (χ1) is 4.22. The molecular weight excluding hydrogens is 117 g/mol. The molecule has 0 aromatic rings. The van der Waals surface area contributed by atoms with Gasteiger partial charge in [-0.1, -0.05) is 18.7 Å². The molecule has 0 amide bonds. The first-order valence-electron chi connectivity index (χ1n) is 2.62. The average Bonchev–Trinajstić information content (AvgIpc) is 1.87. The molecule has 2 N–H and O–H groups in total. The Morgan fingerprint density at radius 1 is 1.67 bits per heavy atom. The fourth-order valence-electron chi connectivity index (χ4n) is 0.338. The van der Waals surface area contributed by atoms with Gasteiger partial charge in [0.15, 0.2) is 0 Å². The quantitative estimate of drug-likeness (QED) is 0.563. The van der Waals surface area contributed by atoms with Gasteiger partial charge in [0.1, 0.15) is 5.83 Å². The number of allylic oxidation sites excluding steroid dienone is 4. The Kier molecular flexibility index (Phi) is 3.44. The predicted molar refractivity (Wildman–Crippen MR) is 37.3 cm³/mol. The van der Waals surface area contributed by atoms with E-state index < -0.39 is 5.83 Å². The minimum Gasteiger partial charge on any atom is -0.397 e. The molecule has 0 aromatic heterocycles. The lowest BCUT2D eigenvalue weighted by molar-refractivity contribution is 0.648. The summed E-state index contributed by atoms with van der Waals surface area (Å²) >= 11 is 0. The maximum atomic E-state index is 12.4. The molecule has 0 heterocycles. The van der Waals surface area contributed by atoms with Gasteiger partial charge in [0.05, 0.1) is 5.70 Å². The zero-order valence-corrected chi connectivity index (χ0v) is 5.39. The number of halogens is 1. The molecule has 0 aliphatic heterocycles. The van der Waals surface area contributed by atoms with E-state index in [-0.39, 0.29) is 5.70 Å². The van der Waals surface area contributed by atoms with Gasteiger partial charge in [-0.25, -0.2) is 4.39 Å². The van der Waals surface area contributed by atoms with Gasteiger partial charge in [-0.3, -0.25) is 0 Å². The molecule has 0 spiro atoms. The van der Waals surface area contributed by atoms with E-state index in [1.165, 1.54) is 18.2 Å². The summed E-state index contributed by atoms with van der Waals surface area (Å²) in [5.41, 5.74) is 5.32. The van der Waals surface area contributed by atoms with Gasteiger partial charge in [-0.15, -0.1) is 0 Å². The van der Waals surface area contributed by atoms with E-state index in [2.05, 4.69) is 6.58 Å². The summed E-state index contributed by atoms with van der Waals surface area (Å²) < 4.78 is 12.4. The Bertz CT molecular complexity index is 156. The zero-order chi connectivity index (χ0) is 7.28. The molecule has 50 valence electrons. The molecular formula is C7H10FN. The van der Waals surface area contributed by atoms with Crippen molar-refractivity contribution in [3.05, 3.63) is 36.3 Å². The van der Waals surface area contributed by atoms with Gasteiger partial charge in [0.25, 0.3) is 0 Å². The van der Waals surface area contributed by atoms with Gasteiger partial charge in [-0.2, -0.15) is 0 Å². The van der Waals surface area contributed by atoms with E-state index in [4.69, 9.17) is 5.73 Å². The van der Waals surface area contributed by atoms with Crippen molar-refractivity contribution in [2.45, 2.75) is 6.92 Å². The highest BCUT2D eigenvalue weighted by molar-refractivity contribution is 5.24. The lowest BCUT2D eigenvalue weighted by atomic mass is 10.3. The highest BCUT2D eigenvalue weighted by atomic mass is 19.1. The fraction of sp³-hybridized carbons (Fsp3) is 0.143. The van der Waals surface area contributed by atoms with Crippen molar-refractivity contribution in [2.24, 2.45) is 5.73 Å². The molecule has 0 saturated heterocycles. The van der Waals surface area contributed by atoms with Crippen LogP contribution in [0.3, 0.4) is 0 Å². The average molecular weight is 127 g/mol. The Morgan fingerprint density at radius 2 is 2.22 bits per heavy atom. The summed E-state index contributed by atoms with van der Waals surface area (Å²) in [7, 11) is 0. The topological polar surface area (TPSA) is 26.0 Å². The molecule has 1 nitrogen and oxygen atoms in total. The third-order valence-electron chi connectivity index (χ3n) is 0.851. The highest BCUT2D eigenvalue weighted by Crippen LogP contribution is 2.03. The van der Waals surface area contributed by atoms with E-state index in [1.807, 2.05) is 0 Å². The maximum absolute atomic E-state index is 12.4. The largest absolute Gasteiger partial charge is 0.397 e. The van der Waals surface area contributed by atoms with Crippen LogP contribution in [0.1, 0.15) is 6.92 Å². The first kappa shape index (κ1) is 7.95. The maximum Gasteiger partial charge on any atom is 0.145 e. The van der Waals surface area contributed by atoms with Crippen LogP contribution in [0.5, 0.6) is 0 Å². The summed E-state index contributed by atoms with van der Waals surface area (Å²) in [5.74, 6) is -0.438. The van der Waals surface area contributed by atoms with Gasteiger partial charge < -0.3 is 5.73 Å². The molecule has 0 saturated carbocycles. The van der Waals surface area contributed by atoms with E-state index >= 15 is 0 Å².